The Kier molecular flexibility index (Phi) is 6.38. The highest BCUT2D eigenvalue weighted by Crippen LogP contribution is 2.28. The van der Waals surface area contributed by atoms with Crippen LogP contribution >= 0.6 is 0 Å². The van der Waals surface area contributed by atoms with E-state index in [9.17, 15) is 4.79 Å². The Labute approximate surface area is 125 Å². The monoisotopic (exact) mass is 279 g/mol. The number of rotatable bonds is 4. The summed E-state index contributed by atoms with van der Waals surface area (Å²) in [5.74, 6) is 2.87. The quantitative estimate of drug-likeness (QED) is 0.687. The molecule has 1 aliphatic carbocycles. The van der Waals surface area contributed by atoms with Crippen molar-refractivity contribution in [2.75, 3.05) is 13.1 Å². The second-order valence-electron chi connectivity index (χ2n) is 7.36. The lowest BCUT2D eigenvalue weighted by molar-refractivity contribution is -0.133. The second kappa shape index (κ2) is 8.05. The zero-order valence-electron chi connectivity index (χ0n) is 13.6. The molecule has 0 atom stereocenters. The van der Waals surface area contributed by atoms with E-state index in [4.69, 9.17) is 0 Å². The van der Waals surface area contributed by atoms with Gasteiger partial charge in [0.05, 0.1) is 0 Å². The zero-order valence-corrected chi connectivity index (χ0v) is 13.6. The van der Waals surface area contributed by atoms with Gasteiger partial charge in [0.25, 0.3) is 0 Å². The van der Waals surface area contributed by atoms with Crippen molar-refractivity contribution in [3.8, 4) is 0 Å². The first-order valence-corrected chi connectivity index (χ1v) is 8.94. The summed E-state index contributed by atoms with van der Waals surface area (Å²) < 4.78 is 0. The lowest BCUT2D eigenvalue weighted by Crippen LogP contribution is -2.39. The minimum Gasteiger partial charge on any atom is -0.343 e. The number of piperidine rings is 1. The van der Waals surface area contributed by atoms with E-state index in [1.807, 2.05) is 0 Å². The molecule has 20 heavy (non-hydrogen) atoms. The summed E-state index contributed by atoms with van der Waals surface area (Å²) in [6.07, 6.45) is 12.7. The van der Waals surface area contributed by atoms with E-state index in [0.717, 1.165) is 43.7 Å². The fourth-order valence-electron chi connectivity index (χ4n) is 3.95. The number of hydrogen-bond donors (Lipinski definition) is 0. The molecule has 116 valence electrons. The van der Waals surface area contributed by atoms with Gasteiger partial charge in [-0.1, -0.05) is 52.4 Å². The molecule has 2 nitrogen and oxygen atoms in total. The second-order valence-corrected chi connectivity index (χ2v) is 7.36. The predicted molar refractivity (Wildman–Crippen MR) is 84.6 cm³/mol. The molecule has 1 heterocycles. The molecule has 2 aliphatic rings. The molecule has 0 radical (unpaired) electrons. The first-order chi connectivity index (χ1) is 9.66. The van der Waals surface area contributed by atoms with Crippen LogP contribution < -0.4 is 0 Å². The van der Waals surface area contributed by atoms with Crippen LogP contribution in [0.4, 0.5) is 0 Å². The van der Waals surface area contributed by atoms with Gasteiger partial charge in [0.15, 0.2) is 0 Å². The van der Waals surface area contributed by atoms with Gasteiger partial charge < -0.3 is 4.90 Å². The summed E-state index contributed by atoms with van der Waals surface area (Å²) in [5, 5.41) is 0. The van der Waals surface area contributed by atoms with E-state index in [1.54, 1.807) is 0 Å². The Hall–Kier alpha value is -0.530. The van der Waals surface area contributed by atoms with Gasteiger partial charge in [-0.15, -0.1) is 0 Å². The smallest absolute Gasteiger partial charge is 0.222 e. The molecule has 0 bridgehead atoms. The Morgan fingerprint density at radius 1 is 1.00 bits per heavy atom. The Morgan fingerprint density at radius 2 is 1.60 bits per heavy atom. The summed E-state index contributed by atoms with van der Waals surface area (Å²) in [4.78, 5) is 14.5. The molecule has 1 saturated heterocycles. The van der Waals surface area contributed by atoms with Gasteiger partial charge in [-0.2, -0.15) is 0 Å². The van der Waals surface area contributed by atoms with Crippen molar-refractivity contribution in [2.24, 2.45) is 17.8 Å². The highest BCUT2D eigenvalue weighted by atomic mass is 16.2. The summed E-state index contributed by atoms with van der Waals surface area (Å²) in [7, 11) is 0. The van der Waals surface area contributed by atoms with Crippen molar-refractivity contribution in [3.05, 3.63) is 0 Å². The van der Waals surface area contributed by atoms with Gasteiger partial charge in [0.1, 0.15) is 0 Å². The van der Waals surface area contributed by atoms with E-state index in [1.165, 1.54) is 51.4 Å². The van der Waals surface area contributed by atoms with Crippen molar-refractivity contribution < 1.29 is 4.79 Å². The largest absolute Gasteiger partial charge is 0.343 e. The van der Waals surface area contributed by atoms with E-state index < -0.39 is 0 Å². The number of carbonyl (C=O) groups is 1. The normalized spacial score (nSPS) is 23.1. The summed E-state index contributed by atoms with van der Waals surface area (Å²) in [6, 6.07) is 0. The topological polar surface area (TPSA) is 20.3 Å². The third kappa shape index (κ3) is 4.79. The van der Waals surface area contributed by atoms with E-state index in [2.05, 4.69) is 18.7 Å². The number of likely N-dealkylation sites (tertiary alicyclic amines) is 1. The minimum absolute atomic E-state index is 0.427. The van der Waals surface area contributed by atoms with E-state index in [0.29, 0.717) is 5.91 Å². The maximum absolute atomic E-state index is 12.3. The SMILES string of the molecule is CC(C)C1CCN(C(=O)CCC2CCCCCC2)CC1. The molecule has 1 amide bonds. The van der Waals surface area contributed by atoms with Crippen LogP contribution in [-0.2, 0) is 4.79 Å². The van der Waals surface area contributed by atoms with Crippen molar-refractivity contribution in [3.63, 3.8) is 0 Å². The van der Waals surface area contributed by atoms with Crippen LogP contribution in [0.15, 0.2) is 0 Å². The number of amides is 1. The summed E-state index contributed by atoms with van der Waals surface area (Å²) >= 11 is 0. The Bertz CT molecular complexity index is 284. The standard InChI is InChI=1S/C18H33NO/c1-15(2)17-11-13-19(14-12-17)18(20)10-9-16-7-5-3-4-6-8-16/h15-17H,3-14H2,1-2H3. The molecule has 0 N–H and O–H groups in total. The van der Waals surface area contributed by atoms with Crippen LogP contribution in [0.3, 0.4) is 0 Å². The molecule has 2 heteroatoms. The first-order valence-electron chi connectivity index (χ1n) is 8.94. The molecule has 0 spiro atoms. The van der Waals surface area contributed by atoms with Crippen molar-refractivity contribution in [1.82, 2.24) is 4.90 Å². The molecular weight excluding hydrogens is 246 g/mol. The molecule has 1 saturated carbocycles. The third-order valence-corrected chi connectivity index (χ3v) is 5.58. The van der Waals surface area contributed by atoms with Gasteiger partial charge in [-0.25, -0.2) is 0 Å². The molecule has 0 aromatic carbocycles. The average Bonchev–Trinajstić information content (AvgIpc) is 2.73. The highest BCUT2D eigenvalue weighted by molar-refractivity contribution is 5.76. The van der Waals surface area contributed by atoms with Crippen LogP contribution in [-0.4, -0.2) is 23.9 Å². The average molecular weight is 279 g/mol. The van der Waals surface area contributed by atoms with Crippen molar-refractivity contribution in [1.29, 1.82) is 0 Å². The molecule has 0 aromatic rings. The van der Waals surface area contributed by atoms with Gasteiger partial charge in [-0.3, -0.25) is 4.79 Å². The van der Waals surface area contributed by atoms with Gasteiger partial charge in [0, 0.05) is 19.5 Å². The molecule has 2 fully saturated rings. The van der Waals surface area contributed by atoms with Crippen LogP contribution in [0, 0.1) is 17.8 Å². The molecular formula is C18H33NO. The fraction of sp³-hybridized carbons (Fsp3) is 0.944. The van der Waals surface area contributed by atoms with Gasteiger partial charge in [0.2, 0.25) is 5.91 Å². The fourth-order valence-corrected chi connectivity index (χ4v) is 3.95. The van der Waals surface area contributed by atoms with Crippen LogP contribution in [0.1, 0.15) is 78.1 Å². The Morgan fingerprint density at radius 3 is 2.15 bits per heavy atom. The molecule has 0 unspecified atom stereocenters. The van der Waals surface area contributed by atoms with Gasteiger partial charge in [-0.05, 0) is 37.0 Å². The summed E-state index contributed by atoms with van der Waals surface area (Å²) in [6.45, 7) is 6.64. The van der Waals surface area contributed by atoms with Crippen LogP contribution in [0.5, 0.6) is 0 Å². The lowest BCUT2D eigenvalue weighted by Gasteiger charge is -2.34. The highest BCUT2D eigenvalue weighted by Gasteiger charge is 2.24. The molecule has 1 aliphatic heterocycles. The maximum atomic E-state index is 12.3. The maximum Gasteiger partial charge on any atom is 0.222 e. The first kappa shape index (κ1) is 15.9. The zero-order chi connectivity index (χ0) is 14.4. The number of nitrogens with zero attached hydrogens (tertiary/aromatic N) is 1. The van der Waals surface area contributed by atoms with Crippen molar-refractivity contribution in [2.45, 2.75) is 78.1 Å². The van der Waals surface area contributed by atoms with E-state index in [-0.39, 0.29) is 0 Å². The lowest BCUT2D eigenvalue weighted by atomic mass is 9.86. The number of carbonyl (C=O) groups excluding carboxylic acids is 1. The third-order valence-electron chi connectivity index (χ3n) is 5.58. The van der Waals surface area contributed by atoms with Crippen molar-refractivity contribution >= 4 is 5.91 Å². The van der Waals surface area contributed by atoms with Gasteiger partial charge >= 0.3 is 0 Å². The van der Waals surface area contributed by atoms with Crippen LogP contribution in [0.25, 0.3) is 0 Å². The Balaban J connectivity index is 1.67. The predicted octanol–water partition coefficient (Wildman–Crippen LogP) is 4.63. The van der Waals surface area contributed by atoms with E-state index >= 15 is 0 Å². The minimum atomic E-state index is 0.427. The summed E-state index contributed by atoms with van der Waals surface area (Å²) in [5.41, 5.74) is 0. The molecule has 0 aromatic heterocycles. The van der Waals surface area contributed by atoms with Crippen LogP contribution in [0.2, 0.25) is 0 Å². The number of hydrogen-bond acceptors (Lipinski definition) is 1. The molecule has 2 rings (SSSR count).